The second kappa shape index (κ2) is 6.71. The number of amides is 1. The summed E-state index contributed by atoms with van der Waals surface area (Å²) < 4.78 is 0. The average Bonchev–Trinajstić information content (AvgIpc) is 2.57. The molecule has 0 unspecified atom stereocenters. The van der Waals surface area contributed by atoms with Gasteiger partial charge in [-0.25, -0.2) is 4.79 Å². The van der Waals surface area contributed by atoms with Crippen LogP contribution < -0.4 is 10.6 Å². The Morgan fingerprint density at radius 3 is 2.65 bits per heavy atom. The molecule has 5 nitrogen and oxygen atoms in total. The van der Waals surface area contributed by atoms with Gasteiger partial charge in [0.25, 0.3) is 0 Å². The zero-order valence-electron chi connectivity index (χ0n) is 12.7. The number of anilines is 1. The summed E-state index contributed by atoms with van der Waals surface area (Å²) in [5.74, 6) is 0. The van der Waals surface area contributed by atoms with Gasteiger partial charge >= 0.3 is 6.09 Å². The van der Waals surface area contributed by atoms with Crippen LogP contribution in [0.1, 0.15) is 29.2 Å². The number of carbonyl (C=O) groups is 1. The number of hydrogen-bond donors (Lipinski definition) is 4. The smallest absolute Gasteiger partial charge is 0.404 e. The fraction of sp³-hybridized carbons (Fsp3) is 0.278. The van der Waals surface area contributed by atoms with E-state index in [0.717, 1.165) is 29.7 Å². The molecule has 120 valence electrons. The normalized spacial score (nSPS) is 19.7. The quantitative estimate of drug-likeness (QED) is 0.700. The van der Waals surface area contributed by atoms with Crippen LogP contribution in [0, 0.1) is 0 Å². The Labute approximate surface area is 135 Å². The summed E-state index contributed by atoms with van der Waals surface area (Å²) in [6.07, 6.45) is 0.570. The highest BCUT2D eigenvalue weighted by molar-refractivity contribution is 5.65. The number of para-hydroxylation sites is 1. The predicted molar refractivity (Wildman–Crippen MR) is 88.4 cm³/mol. The highest BCUT2D eigenvalue weighted by Crippen LogP contribution is 2.33. The molecule has 0 aliphatic heterocycles. The monoisotopic (exact) mass is 312 g/mol. The number of fused-ring (bicyclic) bond motifs is 1. The van der Waals surface area contributed by atoms with Gasteiger partial charge in [0, 0.05) is 11.3 Å². The Morgan fingerprint density at radius 1 is 1.13 bits per heavy atom. The number of carboxylic acid groups (broad SMARTS) is 1. The Morgan fingerprint density at radius 2 is 1.87 bits per heavy atom. The number of aliphatic hydroxyl groups is 1. The zero-order valence-corrected chi connectivity index (χ0v) is 12.7. The fourth-order valence-corrected chi connectivity index (χ4v) is 3.22. The molecule has 1 aliphatic carbocycles. The van der Waals surface area contributed by atoms with E-state index in [-0.39, 0.29) is 18.7 Å². The van der Waals surface area contributed by atoms with E-state index in [9.17, 15) is 9.90 Å². The first-order valence-electron chi connectivity index (χ1n) is 7.71. The molecule has 1 aliphatic rings. The first kappa shape index (κ1) is 15.4. The highest BCUT2D eigenvalue weighted by Gasteiger charge is 2.30. The molecule has 0 saturated carbocycles. The van der Waals surface area contributed by atoms with E-state index >= 15 is 0 Å². The minimum Gasteiger partial charge on any atom is -0.465 e. The highest BCUT2D eigenvalue weighted by atomic mass is 16.4. The maximum Gasteiger partial charge on any atom is 0.404 e. The Hall–Kier alpha value is -2.53. The number of aliphatic hydroxyl groups excluding tert-OH is 1. The van der Waals surface area contributed by atoms with Gasteiger partial charge in [-0.2, -0.15) is 0 Å². The topological polar surface area (TPSA) is 81.6 Å². The predicted octanol–water partition coefficient (Wildman–Crippen LogP) is 2.91. The van der Waals surface area contributed by atoms with Crippen LogP contribution in [0.15, 0.2) is 48.5 Å². The van der Waals surface area contributed by atoms with E-state index < -0.39 is 6.09 Å². The lowest BCUT2D eigenvalue weighted by Gasteiger charge is -2.35. The minimum atomic E-state index is -1.02. The molecule has 23 heavy (non-hydrogen) atoms. The van der Waals surface area contributed by atoms with Gasteiger partial charge in [0.15, 0.2) is 0 Å². The lowest BCUT2D eigenvalue weighted by atomic mass is 9.83. The molecule has 3 rings (SSSR count). The summed E-state index contributed by atoms with van der Waals surface area (Å²) in [4.78, 5) is 11.1. The fourth-order valence-electron chi connectivity index (χ4n) is 3.22. The van der Waals surface area contributed by atoms with Crippen LogP contribution in [-0.4, -0.2) is 22.3 Å². The van der Waals surface area contributed by atoms with E-state index in [1.165, 1.54) is 5.56 Å². The molecule has 0 heterocycles. The molecule has 1 amide bonds. The summed E-state index contributed by atoms with van der Waals surface area (Å²) in [6, 6.07) is 15.2. The van der Waals surface area contributed by atoms with Gasteiger partial charge < -0.3 is 20.8 Å². The van der Waals surface area contributed by atoms with E-state index in [2.05, 4.69) is 16.7 Å². The first-order valence-corrected chi connectivity index (χ1v) is 7.71. The number of hydrogen-bond acceptors (Lipinski definition) is 3. The van der Waals surface area contributed by atoms with Crippen LogP contribution in [-0.2, 0) is 13.0 Å². The molecule has 5 heteroatoms. The van der Waals surface area contributed by atoms with Crippen LogP contribution in [0.3, 0.4) is 0 Å². The lowest BCUT2D eigenvalue weighted by molar-refractivity contribution is 0.186. The molecular formula is C18H20N2O3. The lowest BCUT2D eigenvalue weighted by Crippen LogP contribution is -2.44. The molecule has 0 saturated heterocycles. The van der Waals surface area contributed by atoms with Gasteiger partial charge in [-0.3, -0.25) is 0 Å². The largest absolute Gasteiger partial charge is 0.465 e. The van der Waals surface area contributed by atoms with Crippen molar-refractivity contribution in [2.24, 2.45) is 0 Å². The third kappa shape index (κ3) is 3.29. The van der Waals surface area contributed by atoms with Gasteiger partial charge in [0.05, 0.1) is 18.7 Å². The molecule has 4 N–H and O–H groups in total. The van der Waals surface area contributed by atoms with Crippen LogP contribution in [0.4, 0.5) is 10.5 Å². The van der Waals surface area contributed by atoms with Crippen LogP contribution in [0.5, 0.6) is 0 Å². The van der Waals surface area contributed by atoms with Crippen molar-refractivity contribution < 1.29 is 15.0 Å². The van der Waals surface area contributed by atoms with Crippen LogP contribution in [0.2, 0.25) is 0 Å². The van der Waals surface area contributed by atoms with Crippen molar-refractivity contribution in [1.82, 2.24) is 5.32 Å². The van der Waals surface area contributed by atoms with Crippen molar-refractivity contribution in [2.45, 2.75) is 31.5 Å². The number of aryl methyl sites for hydroxylation is 1. The van der Waals surface area contributed by atoms with E-state index in [1.54, 1.807) is 0 Å². The average molecular weight is 312 g/mol. The van der Waals surface area contributed by atoms with Gasteiger partial charge in [-0.15, -0.1) is 0 Å². The molecule has 0 spiro atoms. The standard InChI is InChI=1S/C18H20N2O3/c21-11-13-6-2-4-8-15(13)19-17-14-7-3-1-5-12(14)9-10-16(17)20-18(22)23/h1-8,16-17,19-21H,9-11H2,(H,22,23)/t16-,17-/m1/s1. The van der Waals surface area contributed by atoms with E-state index in [1.807, 2.05) is 42.5 Å². The maximum atomic E-state index is 11.1. The number of benzene rings is 2. The van der Waals surface area contributed by atoms with Crippen molar-refractivity contribution in [2.75, 3.05) is 5.32 Å². The first-order chi connectivity index (χ1) is 11.2. The third-order valence-corrected chi connectivity index (χ3v) is 4.32. The molecule has 0 fully saturated rings. The number of nitrogens with one attached hydrogen (secondary N) is 2. The zero-order chi connectivity index (χ0) is 16.2. The Balaban J connectivity index is 1.95. The summed E-state index contributed by atoms with van der Waals surface area (Å²) in [7, 11) is 0. The van der Waals surface area contributed by atoms with Crippen molar-refractivity contribution in [1.29, 1.82) is 0 Å². The molecule has 2 aromatic rings. The van der Waals surface area contributed by atoms with Gasteiger partial charge in [0.2, 0.25) is 0 Å². The summed E-state index contributed by atoms with van der Waals surface area (Å²) in [5.41, 5.74) is 3.96. The van der Waals surface area contributed by atoms with Crippen LogP contribution >= 0.6 is 0 Å². The molecule has 0 aromatic heterocycles. The van der Waals surface area contributed by atoms with Gasteiger partial charge in [-0.05, 0) is 30.0 Å². The van der Waals surface area contributed by atoms with Crippen molar-refractivity contribution in [3.8, 4) is 0 Å². The van der Waals surface area contributed by atoms with E-state index in [0.29, 0.717) is 0 Å². The Kier molecular flexibility index (Phi) is 4.48. The molecule has 0 radical (unpaired) electrons. The molecule has 0 bridgehead atoms. The second-order valence-electron chi connectivity index (χ2n) is 5.73. The Bertz CT molecular complexity index is 702. The second-order valence-corrected chi connectivity index (χ2v) is 5.73. The molecule has 2 atom stereocenters. The number of rotatable bonds is 4. The van der Waals surface area contributed by atoms with E-state index in [4.69, 9.17) is 5.11 Å². The van der Waals surface area contributed by atoms with Gasteiger partial charge in [0.1, 0.15) is 0 Å². The summed E-state index contributed by atoms with van der Waals surface area (Å²) >= 11 is 0. The van der Waals surface area contributed by atoms with Gasteiger partial charge in [-0.1, -0.05) is 42.5 Å². The van der Waals surface area contributed by atoms with Crippen molar-refractivity contribution in [3.63, 3.8) is 0 Å². The maximum absolute atomic E-state index is 11.1. The summed E-state index contributed by atoms with van der Waals surface area (Å²) in [5, 5.41) is 24.7. The van der Waals surface area contributed by atoms with Crippen LogP contribution in [0.25, 0.3) is 0 Å². The SMILES string of the molecule is O=C(O)N[C@@H]1CCc2ccccc2[C@H]1Nc1ccccc1CO. The minimum absolute atomic E-state index is 0.0609. The van der Waals surface area contributed by atoms with Crippen molar-refractivity contribution >= 4 is 11.8 Å². The molecular weight excluding hydrogens is 292 g/mol. The molecule has 2 aromatic carbocycles. The third-order valence-electron chi connectivity index (χ3n) is 4.32. The summed E-state index contributed by atoms with van der Waals surface area (Å²) in [6.45, 7) is -0.0609. The van der Waals surface area contributed by atoms with Crippen molar-refractivity contribution in [3.05, 3.63) is 65.2 Å².